The van der Waals surface area contributed by atoms with Crippen LogP contribution in [0, 0.1) is 4.77 Å². The minimum absolute atomic E-state index is 0.127. The van der Waals surface area contributed by atoms with Gasteiger partial charge in [-0.25, -0.2) is 22.6 Å². The zero-order valence-corrected chi connectivity index (χ0v) is 20.1. The van der Waals surface area contributed by atoms with Crippen LogP contribution in [0.5, 0.6) is 0 Å². The van der Waals surface area contributed by atoms with Gasteiger partial charge in [-0.05, 0) is 66.7 Å². The van der Waals surface area contributed by atoms with Gasteiger partial charge in [0.05, 0.1) is 36.4 Å². The molecule has 0 bridgehead atoms. The number of sulfonamides is 1. The van der Waals surface area contributed by atoms with E-state index < -0.39 is 16.0 Å². The zero-order chi connectivity index (χ0) is 23.4. The highest BCUT2D eigenvalue weighted by molar-refractivity contribution is 7.89. The number of hydrogen-bond donors (Lipinski definition) is 0. The minimum Gasteiger partial charge on any atom is -0.462 e. The van der Waals surface area contributed by atoms with Crippen molar-refractivity contribution in [2.75, 3.05) is 39.4 Å². The summed E-state index contributed by atoms with van der Waals surface area (Å²) in [6.07, 6.45) is 2.17. The van der Waals surface area contributed by atoms with Gasteiger partial charge in [0.2, 0.25) is 14.8 Å². The van der Waals surface area contributed by atoms with Gasteiger partial charge in [-0.15, -0.1) is 0 Å². The topological polar surface area (TPSA) is 112 Å². The van der Waals surface area contributed by atoms with Gasteiger partial charge >= 0.3 is 5.97 Å². The van der Waals surface area contributed by atoms with Crippen LogP contribution in [0.2, 0.25) is 0 Å². The molecule has 0 saturated carbocycles. The Balaban J connectivity index is 1.33. The van der Waals surface area contributed by atoms with Crippen LogP contribution in [0.15, 0.2) is 29.2 Å². The van der Waals surface area contributed by atoms with Crippen molar-refractivity contribution in [2.45, 2.75) is 44.0 Å². The van der Waals surface area contributed by atoms with Gasteiger partial charge in [0.25, 0.3) is 0 Å². The van der Waals surface area contributed by atoms with Crippen LogP contribution in [-0.4, -0.2) is 88.9 Å². The number of rotatable bonds is 8. The molecule has 2 fully saturated rings. The Morgan fingerprint density at radius 3 is 2.48 bits per heavy atom. The molecular weight excluding hydrogens is 468 g/mol. The average Bonchev–Trinajstić information content (AvgIpc) is 3.45. The molecule has 2 aliphatic rings. The van der Waals surface area contributed by atoms with Crippen molar-refractivity contribution in [2.24, 2.45) is 0 Å². The summed E-state index contributed by atoms with van der Waals surface area (Å²) >= 11 is 5.50. The lowest BCUT2D eigenvalue weighted by Crippen LogP contribution is -2.48. The summed E-state index contributed by atoms with van der Waals surface area (Å²) in [5.74, 6) is -0.471. The lowest BCUT2D eigenvalue weighted by Gasteiger charge is -2.33. The first-order valence-corrected chi connectivity index (χ1v) is 12.8. The molecule has 2 aromatic rings. The second-order valence-corrected chi connectivity index (χ2v) is 10.3. The number of carbonyl (C=O) groups excluding carboxylic acids is 1. The number of ether oxygens (including phenoxy) is 2. The van der Waals surface area contributed by atoms with Crippen molar-refractivity contribution in [3.05, 3.63) is 34.6 Å². The molecule has 1 aromatic carbocycles. The summed E-state index contributed by atoms with van der Waals surface area (Å²) in [6, 6.07) is 5.84. The second-order valence-electron chi connectivity index (χ2n) is 7.99. The Morgan fingerprint density at radius 1 is 1.15 bits per heavy atom. The van der Waals surface area contributed by atoms with E-state index in [2.05, 4.69) is 15.3 Å². The second kappa shape index (κ2) is 10.4. The number of nitrogens with zero attached hydrogens (tertiary/aromatic N) is 6. The quantitative estimate of drug-likeness (QED) is 0.392. The summed E-state index contributed by atoms with van der Waals surface area (Å²) < 4.78 is 41.9. The minimum atomic E-state index is -3.65. The molecule has 11 nitrogen and oxygen atoms in total. The van der Waals surface area contributed by atoms with E-state index >= 15 is 0 Å². The maximum absolute atomic E-state index is 13.0. The molecule has 0 spiro atoms. The smallest absolute Gasteiger partial charge is 0.338 e. The van der Waals surface area contributed by atoms with Gasteiger partial charge in [0.1, 0.15) is 0 Å². The lowest BCUT2D eigenvalue weighted by molar-refractivity contribution is 0.0526. The van der Waals surface area contributed by atoms with Crippen LogP contribution >= 0.6 is 12.2 Å². The van der Waals surface area contributed by atoms with E-state index in [1.165, 1.54) is 28.6 Å². The van der Waals surface area contributed by atoms with Crippen molar-refractivity contribution in [1.29, 1.82) is 0 Å². The largest absolute Gasteiger partial charge is 0.462 e. The van der Waals surface area contributed by atoms with E-state index in [-0.39, 0.29) is 17.6 Å². The van der Waals surface area contributed by atoms with Crippen LogP contribution in [0.25, 0.3) is 0 Å². The van der Waals surface area contributed by atoms with Gasteiger partial charge in [-0.1, -0.05) is 0 Å². The standard InChI is InChI=1S/C20H28N6O5S2/c1-2-30-19(27)16-5-7-18(8-6-16)33(28,29)24-11-9-23(10-12-24)15-26-20(32)25(21-22-26)14-17-4-3-13-31-17/h5-8,17H,2-4,9-15H2,1H3. The first-order chi connectivity index (χ1) is 15.9. The molecular formula is C20H28N6O5S2. The number of piperazine rings is 1. The number of aromatic nitrogens is 4. The van der Waals surface area contributed by atoms with Gasteiger partial charge in [-0.2, -0.15) is 4.31 Å². The predicted molar refractivity (Wildman–Crippen MR) is 121 cm³/mol. The van der Waals surface area contributed by atoms with Crippen molar-refractivity contribution < 1.29 is 22.7 Å². The fourth-order valence-electron chi connectivity index (χ4n) is 3.92. The molecule has 3 heterocycles. The van der Waals surface area contributed by atoms with E-state index in [0.29, 0.717) is 49.7 Å². The molecule has 13 heteroatoms. The molecule has 1 aromatic heterocycles. The molecule has 0 aliphatic carbocycles. The molecule has 0 radical (unpaired) electrons. The SMILES string of the molecule is CCOC(=O)c1ccc(S(=O)(=O)N2CCN(Cn3nnn(CC4CCCO4)c3=S)CC2)cc1. The molecule has 1 atom stereocenters. The van der Waals surface area contributed by atoms with E-state index in [0.717, 1.165) is 19.4 Å². The van der Waals surface area contributed by atoms with Crippen LogP contribution in [0.3, 0.4) is 0 Å². The average molecular weight is 497 g/mol. The summed E-state index contributed by atoms with van der Waals surface area (Å²) in [5.41, 5.74) is 0.324. The molecule has 180 valence electrons. The van der Waals surface area contributed by atoms with Crippen LogP contribution in [0.1, 0.15) is 30.1 Å². The van der Waals surface area contributed by atoms with E-state index in [1.807, 2.05) is 0 Å². The maximum Gasteiger partial charge on any atom is 0.338 e. The predicted octanol–water partition coefficient (Wildman–Crippen LogP) is 1.13. The maximum atomic E-state index is 13.0. The van der Waals surface area contributed by atoms with E-state index in [1.54, 1.807) is 16.3 Å². The molecule has 4 rings (SSSR count). The summed E-state index contributed by atoms with van der Waals surface area (Å²) in [6.45, 7) is 5.58. The van der Waals surface area contributed by atoms with Crippen LogP contribution < -0.4 is 0 Å². The normalized spacial score (nSPS) is 20.2. The Hall–Kier alpha value is -2.19. The number of esters is 1. The molecule has 0 N–H and O–H groups in total. The van der Waals surface area contributed by atoms with Gasteiger partial charge in [0.15, 0.2) is 0 Å². The molecule has 1 unspecified atom stereocenters. The number of hydrogen-bond acceptors (Lipinski definition) is 9. The zero-order valence-electron chi connectivity index (χ0n) is 18.5. The lowest BCUT2D eigenvalue weighted by atomic mass is 10.2. The van der Waals surface area contributed by atoms with Crippen LogP contribution in [-0.2, 0) is 32.7 Å². The summed E-state index contributed by atoms with van der Waals surface area (Å²) in [7, 11) is -3.65. The van der Waals surface area contributed by atoms with E-state index in [9.17, 15) is 13.2 Å². The number of tetrazole rings is 1. The summed E-state index contributed by atoms with van der Waals surface area (Å²) in [4.78, 5) is 14.0. The van der Waals surface area contributed by atoms with Gasteiger partial charge in [0, 0.05) is 32.8 Å². The Labute approximate surface area is 197 Å². The monoisotopic (exact) mass is 496 g/mol. The summed E-state index contributed by atoms with van der Waals surface area (Å²) in [5, 5.41) is 8.31. The van der Waals surface area contributed by atoms with Crippen LogP contribution in [0.4, 0.5) is 0 Å². The van der Waals surface area contributed by atoms with Gasteiger partial charge in [-0.3, -0.25) is 4.90 Å². The van der Waals surface area contributed by atoms with E-state index in [4.69, 9.17) is 21.7 Å². The first-order valence-electron chi connectivity index (χ1n) is 11.0. The fraction of sp³-hybridized carbons (Fsp3) is 0.600. The Bertz CT molecular complexity index is 1120. The highest BCUT2D eigenvalue weighted by atomic mass is 32.2. The molecule has 2 saturated heterocycles. The fourth-order valence-corrected chi connectivity index (χ4v) is 5.55. The highest BCUT2D eigenvalue weighted by Gasteiger charge is 2.29. The Kier molecular flexibility index (Phi) is 7.54. The number of benzene rings is 1. The van der Waals surface area contributed by atoms with Crippen molar-refractivity contribution in [3.63, 3.8) is 0 Å². The van der Waals surface area contributed by atoms with Gasteiger partial charge < -0.3 is 9.47 Å². The third-order valence-electron chi connectivity index (χ3n) is 5.77. The van der Waals surface area contributed by atoms with Crippen molar-refractivity contribution >= 4 is 28.2 Å². The van der Waals surface area contributed by atoms with Crippen molar-refractivity contribution in [3.8, 4) is 0 Å². The molecule has 33 heavy (non-hydrogen) atoms. The highest BCUT2D eigenvalue weighted by Crippen LogP contribution is 2.19. The number of carbonyl (C=O) groups is 1. The third-order valence-corrected chi connectivity index (χ3v) is 8.10. The first kappa shape index (κ1) is 24.0. The third kappa shape index (κ3) is 5.49. The molecule has 2 aliphatic heterocycles. The Morgan fingerprint density at radius 2 is 1.85 bits per heavy atom. The molecule has 0 amide bonds. The van der Waals surface area contributed by atoms with Crippen molar-refractivity contribution in [1.82, 2.24) is 29.0 Å².